The Bertz CT molecular complexity index is 453. The molecule has 1 aliphatic rings. The molecule has 0 amide bonds. The zero-order valence-electron chi connectivity index (χ0n) is 14.6. The molecule has 0 radical (unpaired) electrons. The van der Waals surface area contributed by atoms with Crippen molar-refractivity contribution in [1.82, 2.24) is 0 Å². The molecule has 0 unspecified atom stereocenters. The zero-order valence-corrected chi connectivity index (χ0v) is 15.5. The fourth-order valence-corrected chi connectivity index (χ4v) is 2.83. The van der Waals surface area contributed by atoms with E-state index < -0.39 is 0 Å². The van der Waals surface area contributed by atoms with Gasteiger partial charge in [-0.3, -0.25) is 0 Å². The van der Waals surface area contributed by atoms with E-state index in [4.69, 9.17) is 0 Å². The molecule has 2 rings (SSSR count). The lowest BCUT2D eigenvalue weighted by atomic mass is 9.81. The summed E-state index contributed by atoms with van der Waals surface area (Å²) >= 11 is 4.43. The molecule has 0 bridgehead atoms. The van der Waals surface area contributed by atoms with Crippen LogP contribution in [0.1, 0.15) is 70.2 Å². The van der Waals surface area contributed by atoms with Gasteiger partial charge in [0.15, 0.2) is 0 Å². The maximum absolute atomic E-state index is 4.43. The Labute approximate surface area is 132 Å². The summed E-state index contributed by atoms with van der Waals surface area (Å²) in [5, 5.41) is 0. The number of thiol groups is 1. The highest BCUT2D eigenvalue weighted by molar-refractivity contribution is 7.80. The molecule has 20 heavy (non-hydrogen) atoms. The number of aryl methyl sites for hydroxylation is 1. The van der Waals surface area contributed by atoms with Crippen LogP contribution in [-0.4, -0.2) is 5.75 Å². The van der Waals surface area contributed by atoms with E-state index in [0.29, 0.717) is 0 Å². The lowest BCUT2D eigenvalue weighted by Gasteiger charge is -2.24. The maximum Gasteiger partial charge on any atom is 0.0125 e. The Morgan fingerprint density at radius 3 is 2.00 bits per heavy atom. The van der Waals surface area contributed by atoms with Crippen molar-refractivity contribution in [2.24, 2.45) is 0 Å². The third kappa shape index (κ3) is 3.91. The first-order valence-corrected chi connectivity index (χ1v) is 8.45. The van der Waals surface area contributed by atoms with Gasteiger partial charge in [-0.25, -0.2) is 0 Å². The second-order valence-electron chi connectivity index (χ2n) is 5.63. The van der Waals surface area contributed by atoms with Crippen molar-refractivity contribution in [1.29, 1.82) is 0 Å². The van der Waals surface area contributed by atoms with Crippen LogP contribution < -0.4 is 0 Å². The normalized spacial score (nSPS) is 14.3. The molecular formula is C19H32S. The summed E-state index contributed by atoms with van der Waals surface area (Å²) in [6.07, 6.45) is 3.57. The van der Waals surface area contributed by atoms with Crippen molar-refractivity contribution in [2.75, 3.05) is 5.75 Å². The first-order valence-electron chi connectivity index (χ1n) is 7.82. The molecule has 0 atom stereocenters. The Balaban J connectivity index is 0.000000641. The minimum absolute atomic E-state index is 0.162. The van der Waals surface area contributed by atoms with Gasteiger partial charge in [0.2, 0.25) is 0 Å². The molecule has 1 aromatic carbocycles. The number of benzene rings is 1. The number of rotatable bonds is 1. The predicted octanol–water partition coefficient (Wildman–Crippen LogP) is 6.35. The SMILES string of the molecule is CC.CCC.Cc1ccc2c(c1C)C=C(CS)C2(C)C. The predicted molar refractivity (Wildman–Crippen MR) is 98.1 cm³/mol. The van der Waals surface area contributed by atoms with Gasteiger partial charge in [0.1, 0.15) is 0 Å². The van der Waals surface area contributed by atoms with Crippen LogP contribution in [0.25, 0.3) is 6.08 Å². The standard InChI is InChI=1S/C14H18S.C3H8.C2H6/c1-9-5-6-13-12(10(9)2)7-11(8-15)14(13,3)4;1-3-2;1-2/h5-7,15H,8H2,1-4H3;3H2,1-2H3;1-2H3. The Hall–Kier alpha value is -0.690. The number of hydrogen-bond donors (Lipinski definition) is 1. The third-order valence-electron chi connectivity index (χ3n) is 3.75. The average Bonchev–Trinajstić information content (AvgIpc) is 2.69. The minimum atomic E-state index is 0.162. The van der Waals surface area contributed by atoms with Crippen molar-refractivity contribution >= 4 is 18.7 Å². The van der Waals surface area contributed by atoms with E-state index in [0.717, 1.165) is 5.75 Å². The van der Waals surface area contributed by atoms with Crippen LogP contribution in [-0.2, 0) is 5.41 Å². The van der Waals surface area contributed by atoms with Crippen LogP contribution in [0.3, 0.4) is 0 Å². The summed E-state index contributed by atoms with van der Waals surface area (Å²) in [5.74, 6) is 0.847. The summed E-state index contributed by atoms with van der Waals surface area (Å²) in [5.41, 5.74) is 7.25. The summed E-state index contributed by atoms with van der Waals surface area (Å²) in [7, 11) is 0. The molecule has 1 heteroatoms. The van der Waals surface area contributed by atoms with Crippen molar-refractivity contribution in [3.63, 3.8) is 0 Å². The Kier molecular flexibility index (Phi) is 8.27. The first-order chi connectivity index (χ1) is 9.39. The molecule has 0 N–H and O–H groups in total. The highest BCUT2D eigenvalue weighted by Crippen LogP contribution is 2.43. The Morgan fingerprint density at radius 2 is 1.55 bits per heavy atom. The third-order valence-corrected chi connectivity index (χ3v) is 4.09. The number of fused-ring (bicyclic) bond motifs is 1. The number of hydrogen-bond acceptors (Lipinski definition) is 1. The van der Waals surface area contributed by atoms with E-state index in [-0.39, 0.29) is 5.41 Å². The van der Waals surface area contributed by atoms with E-state index in [2.05, 4.69) is 72.4 Å². The van der Waals surface area contributed by atoms with Gasteiger partial charge in [0.05, 0.1) is 0 Å². The molecular weight excluding hydrogens is 260 g/mol. The summed E-state index contributed by atoms with van der Waals surface area (Å²) in [4.78, 5) is 0. The van der Waals surface area contributed by atoms with Crippen molar-refractivity contribution in [3.05, 3.63) is 40.0 Å². The van der Waals surface area contributed by atoms with Gasteiger partial charge in [-0.05, 0) is 41.7 Å². The molecule has 0 heterocycles. The van der Waals surface area contributed by atoms with Crippen LogP contribution in [0.5, 0.6) is 0 Å². The summed E-state index contributed by atoms with van der Waals surface area (Å²) in [6.45, 7) is 17.2. The molecule has 0 aromatic heterocycles. The van der Waals surface area contributed by atoms with Crippen LogP contribution in [0.4, 0.5) is 0 Å². The van der Waals surface area contributed by atoms with Gasteiger partial charge in [-0.2, -0.15) is 12.6 Å². The molecule has 114 valence electrons. The smallest absolute Gasteiger partial charge is 0.0125 e. The van der Waals surface area contributed by atoms with E-state index in [1.807, 2.05) is 13.8 Å². The Morgan fingerprint density at radius 1 is 1.05 bits per heavy atom. The molecule has 0 saturated carbocycles. The van der Waals surface area contributed by atoms with Crippen LogP contribution in [0.2, 0.25) is 0 Å². The molecule has 0 spiro atoms. The van der Waals surface area contributed by atoms with E-state index in [1.165, 1.54) is 34.2 Å². The summed E-state index contributed by atoms with van der Waals surface area (Å²) < 4.78 is 0. The lowest BCUT2D eigenvalue weighted by molar-refractivity contribution is 0.642. The van der Waals surface area contributed by atoms with Gasteiger partial charge in [-0.1, -0.05) is 66.2 Å². The molecule has 1 aromatic rings. The summed E-state index contributed by atoms with van der Waals surface area (Å²) in [6, 6.07) is 4.50. The van der Waals surface area contributed by atoms with Gasteiger partial charge in [-0.15, -0.1) is 0 Å². The van der Waals surface area contributed by atoms with Crippen molar-refractivity contribution < 1.29 is 0 Å². The highest BCUT2D eigenvalue weighted by atomic mass is 32.1. The van der Waals surface area contributed by atoms with E-state index >= 15 is 0 Å². The molecule has 1 aliphatic carbocycles. The van der Waals surface area contributed by atoms with E-state index in [1.54, 1.807) is 0 Å². The lowest BCUT2D eigenvalue weighted by Crippen LogP contribution is -2.18. The second kappa shape index (κ2) is 8.56. The first kappa shape index (κ1) is 19.3. The van der Waals surface area contributed by atoms with E-state index in [9.17, 15) is 0 Å². The highest BCUT2D eigenvalue weighted by Gasteiger charge is 2.32. The molecule has 0 saturated heterocycles. The molecule has 0 aliphatic heterocycles. The molecule has 0 fully saturated rings. The second-order valence-corrected chi connectivity index (χ2v) is 5.94. The van der Waals surface area contributed by atoms with Gasteiger partial charge in [0, 0.05) is 11.2 Å². The quantitative estimate of drug-likeness (QED) is 0.573. The fourth-order valence-electron chi connectivity index (χ4n) is 2.34. The van der Waals surface area contributed by atoms with Crippen LogP contribution in [0, 0.1) is 13.8 Å². The van der Waals surface area contributed by atoms with Gasteiger partial charge < -0.3 is 0 Å². The largest absolute Gasteiger partial charge is 0.175 e. The maximum atomic E-state index is 4.43. The van der Waals surface area contributed by atoms with Crippen LogP contribution >= 0.6 is 12.6 Å². The van der Waals surface area contributed by atoms with Crippen molar-refractivity contribution in [3.8, 4) is 0 Å². The fraction of sp³-hybridized carbons (Fsp3) is 0.579. The van der Waals surface area contributed by atoms with Crippen molar-refractivity contribution in [2.45, 2.75) is 67.2 Å². The molecule has 0 nitrogen and oxygen atoms in total. The topological polar surface area (TPSA) is 0 Å². The average molecular weight is 293 g/mol. The minimum Gasteiger partial charge on any atom is -0.175 e. The monoisotopic (exact) mass is 292 g/mol. The van der Waals surface area contributed by atoms with Gasteiger partial charge in [0.25, 0.3) is 0 Å². The van der Waals surface area contributed by atoms with Crippen LogP contribution in [0.15, 0.2) is 17.7 Å². The van der Waals surface area contributed by atoms with Gasteiger partial charge >= 0.3 is 0 Å². The zero-order chi connectivity index (χ0) is 15.9.